The van der Waals surface area contributed by atoms with Gasteiger partial charge in [0.2, 0.25) is 11.8 Å². The molecule has 1 fully saturated rings. The van der Waals surface area contributed by atoms with Gasteiger partial charge in [0, 0.05) is 6.42 Å². The zero-order valence-corrected chi connectivity index (χ0v) is 10.7. The summed E-state index contributed by atoms with van der Waals surface area (Å²) in [4.78, 5) is 0. The summed E-state index contributed by atoms with van der Waals surface area (Å²) in [6.07, 6.45) is 8.88. The average molecular weight is 237 g/mol. The lowest BCUT2D eigenvalue weighted by Crippen LogP contribution is -2.13. The van der Waals surface area contributed by atoms with Crippen LogP contribution >= 0.6 is 0 Å². The van der Waals surface area contributed by atoms with Gasteiger partial charge in [-0.2, -0.15) is 0 Å². The van der Waals surface area contributed by atoms with Crippen LogP contribution in [0, 0.1) is 5.92 Å². The van der Waals surface area contributed by atoms with Gasteiger partial charge in [0.1, 0.15) is 0 Å². The zero-order valence-electron chi connectivity index (χ0n) is 10.7. The normalized spacial score (nSPS) is 17.5. The van der Waals surface area contributed by atoms with E-state index in [1.807, 2.05) is 0 Å². The number of hydrogen-bond donors (Lipinski definition) is 1. The van der Waals surface area contributed by atoms with Gasteiger partial charge in [0.25, 0.3) is 0 Å². The Hall–Kier alpha value is -0.900. The maximum Gasteiger partial charge on any atom is 0.230 e. The van der Waals surface area contributed by atoms with Crippen molar-refractivity contribution >= 4 is 0 Å². The van der Waals surface area contributed by atoms with E-state index >= 15 is 0 Å². The van der Waals surface area contributed by atoms with Crippen molar-refractivity contribution in [1.29, 1.82) is 0 Å². The molecule has 0 bridgehead atoms. The lowest BCUT2D eigenvalue weighted by molar-refractivity contribution is 0.323. The van der Waals surface area contributed by atoms with Crippen LogP contribution < -0.4 is 5.32 Å². The third-order valence-electron chi connectivity index (χ3n) is 3.40. The highest BCUT2D eigenvalue weighted by Gasteiger charge is 2.17. The van der Waals surface area contributed by atoms with E-state index in [-0.39, 0.29) is 0 Å². The van der Waals surface area contributed by atoms with Crippen LogP contribution in [0.2, 0.25) is 0 Å². The van der Waals surface area contributed by atoms with E-state index in [4.69, 9.17) is 4.42 Å². The number of nitrogens with one attached hydrogen (secondary N) is 1. The Bertz CT molecular complexity index is 318. The van der Waals surface area contributed by atoms with Crippen LogP contribution in [0.1, 0.15) is 57.2 Å². The molecule has 0 saturated heterocycles. The quantitative estimate of drug-likeness (QED) is 0.773. The third kappa shape index (κ3) is 4.11. The largest absolute Gasteiger partial charge is 0.424 e. The summed E-state index contributed by atoms with van der Waals surface area (Å²) < 4.78 is 5.65. The average Bonchev–Trinajstić information content (AvgIpc) is 2.79. The van der Waals surface area contributed by atoms with Crippen molar-refractivity contribution in [2.45, 2.75) is 58.4 Å². The van der Waals surface area contributed by atoms with Crippen LogP contribution in [0.5, 0.6) is 0 Å². The summed E-state index contributed by atoms with van der Waals surface area (Å²) in [5.41, 5.74) is 0. The van der Waals surface area contributed by atoms with Crippen LogP contribution in [0.3, 0.4) is 0 Å². The second-order valence-corrected chi connectivity index (χ2v) is 4.97. The highest BCUT2D eigenvalue weighted by molar-refractivity contribution is 4.85. The molecule has 1 N–H and O–H groups in total. The maximum atomic E-state index is 5.65. The molecule has 1 heterocycles. The second kappa shape index (κ2) is 6.74. The minimum Gasteiger partial charge on any atom is -0.424 e. The molecule has 1 aromatic heterocycles. The van der Waals surface area contributed by atoms with Gasteiger partial charge in [-0.1, -0.05) is 26.2 Å². The molecule has 2 rings (SSSR count). The highest BCUT2D eigenvalue weighted by atomic mass is 16.4. The topological polar surface area (TPSA) is 51.0 Å². The van der Waals surface area contributed by atoms with Gasteiger partial charge in [0.15, 0.2) is 0 Å². The molecule has 0 aliphatic heterocycles. The first kappa shape index (κ1) is 12.6. The molecule has 4 nitrogen and oxygen atoms in total. The van der Waals surface area contributed by atoms with Crippen molar-refractivity contribution in [3.8, 4) is 0 Å². The van der Waals surface area contributed by atoms with E-state index in [0.29, 0.717) is 6.54 Å². The highest BCUT2D eigenvalue weighted by Crippen LogP contribution is 2.26. The standard InChI is InChI=1S/C13H23N3O/c1-2-8-14-10-13-16-15-12(17-13)9-11-6-4-3-5-7-11/h11,14H,2-10H2,1H3. The molecule has 96 valence electrons. The summed E-state index contributed by atoms with van der Waals surface area (Å²) in [5.74, 6) is 2.31. The Morgan fingerprint density at radius 3 is 2.71 bits per heavy atom. The van der Waals surface area contributed by atoms with Gasteiger partial charge >= 0.3 is 0 Å². The first-order chi connectivity index (χ1) is 8.38. The van der Waals surface area contributed by atoms with Crippen molar-refractivity contribution in [1.82, 2.24) is 15.5 Å². The fourth-order valence-electron chi connectivity index (χ4n) is 2.45. The van der Waals surface area contributed by atoms with Gasteiger partial charge in [-0.25, -0.2) is 0 Å². The zero-order chi connectivity index (χ0) is 11.9. The molecular formula is C13H23N3O. The van der Waals surface area contributed by atoms with Crippen LogP contribution in [0.4, 0.5) is 0 Å². The van der Waals surface area contributed by atoms with E-state index in [2.05, 4.69) is 22.4 Å². The molecule has 1 saturated carbocycles. The Balaban J connectivity index is 1.76. The van der Waals surface area contributed by atoms with E-state index in [1.54, 1.807) is 0 Å². The predicted molar refractivity (Wildman–Crippen MR) is 66.6 cm³/mol. The van der Waals surface area contributed by atoms with Crippen molar-refractivity contribution < 1.29 is 4.42 Å². The van der Waals surface area contributed by atoms with Gasteiger partial charge in [-0.3, -0.25) is 0 Å². The van der Waals surface area contributed by atoms with Crippen LogP contribution in [0.15, 0.2) is 4.42 Å². The second-order valence-electron chi connectivity index (χ2n) is 4.97. The summed E-state index contributed by atoms with van der Waals surface area (Å²) in [7, 11) is 0. The van der Waals surface area contributed by atoms with E-state index < -0.39 is 0 Å². The van der Waals surface area contributed by atoms with Crippen LogP contribution in [0.25, 0.3) is 0 Å². The van der Waals surface area contributed by atoms with Crippen LogP contribution in [-0.4, -0.2) is 16.7 Å². The first-order valence-corrected chi connectivity index (χ1v) is 6.90. The third-order valence-corrected chi connectivity index (χ3v) is 3.40. The molecule has 1 aliphatic rings. The molecule has 0 atom stereocenters. The smallest absolute Gasteiger partial charge is 0.230 e. The number of hydrogen-bond acceptors (Lipinski definition) is 4. The van der Waals surface area contributed by atoms with Gasteiger partial charge in [-0.15, -0.1) is 10.2 Å². The Morgan fingerprint density at radius 1 is 1.18 bits per heavy atom. The SMILES string of the molecule is CCCNCc1nnc(CC2CCCCC2)o1. The lowest BCUT2D eigenvalue weighted by Gasteiger charge is -2.19. The van der Waals surface area contributed by atoms with Gasteiger partial charge in [-0.05, 0) is 31.7 Å². The first-order valence-electron chi connectivity index (χ1n) is 6.90. The molecule has 0 unspecified atom stereocenters. The van der Waals surface area contributed by atoms with Gasteiger partial charge < -0.3 is 9.73 Å². The molecule has 1 aliphatic carbocycles. The molecule has 0 amide bonds. The summed E-state index contributed by atoms with van der Waals surface area (Å²) in [5, 5.41) is 11.5. The van der Waals surface area contributed by atoms with Crippen molar-refractivity contribution in [3.05, 3.63) is 11.8 Å². The minimum atomic E-state index is 0.700. The van der Waals surface area contributed by atoms with Crippen molar-refractivity contribution in [3.63, 3.8) is 0 Å². The molecule has 4 heteroatoms. The Kier molecular flexibility index (Phi) is 4.98. The monoisotopic (exact) mass is 237 g/mol. The molecule has 0 spiro atoms. The van der Waals surface area contributed by atoms with E-state index in [9.17, 15) is 0 Å². The molecule has 0 radical (unpaired) electrons. The fraction of sp³-hybridized carbons (Fsp3) is 0.846. The van der Waals surface area contributed by atoms with Gasteiger partial charge in [0.05, 0.1) is 6.54 Å². The summed E-state index contributed by atoms with van der Waals surface area (Å²) in [6, 6.07) is 0. The van der Waals surface area contributed by atoms with Crippen molar-refractivity contribution in [2.24, 2.45) is 5.92 Å². The molecule has 1 aromatic rings. The molecular weight excluding hydrogens is 214 g/mol. The number of aromatic nitrogens is 2. The Morgan fingerprint density at radius 2 is 1.94 bits per heavy atom. The molecule has 17 heavy (non-hydrogen) atoms. The van der Waals surface area contributed by atoms with Crippen LogP contribution in [-0.2, 0) is 13.0 Å². The lowest BCUT2D eigenvalue weighted by atomic mass is 9.87. The predicted octanol–water partition coefficient (Wildman–Crippen LogP) is 2.69. The van der Waals surface area contributed by atoms with E-state index in [1.165, 1.54) is 32.1 Å². The molecule has 0 aromatic carbocycles. The fourth-order valence-corrected chi connectivity index (χ4v) is 2.45. The van der Waals surface area contributed by atoms with E-state index in [0.717, 1.165) is 37.1 Å². The van der Waals surface area contributed by atoms with Crippen molar-refractivity contribution in [2.75, 3.05) is 6.54 Å². The maximum absolute atomic E-state index is 5.65. The number of nitrogens with zero attached hydrogens (tertiary/aromatic N) is 2. The summed E-state index contributed by atoms with van der Waals surface area (Å²) >= 11 is 0. The number of rotatable bonds is 6. The Labute approximate surface area is 103 Å². The summed E-state index contributed by atoms with van der Waals surface area (Å²) in [6.45, 7) is 3.85. The minimum absolute atomic E-state index is 0.700.